The summed E-state index contributed by atoms with van der Waals surface area (Å²) in [7, 11) is 2.15. The molecular formula is C24H27N8. The van der Waals surface area contributed by atoms with Crippen LogP contribution in [0.25, 0.3) is 17.0 Å². The predicted octanol–water partition coefficient (Wildman–Crippen LogP) is 3.32. The van der Waals surface area contributed by atoms with Gasteiger partial charge in [-0.1, -0.05) is 37.3 Å². The molecule has 1 aliphatic heterocycles. The molecule has 0 spiro atoms. The molecule has 8 nitrogen and oxygen atoms in total. The first-order valence-corrected chi connectivity index (χ1v) is 10.9. The second kappa shape index (κ2) is 8.92. The van der Waals surface area contributed by atoms with Crippen LogP contribution >= 0.6 is 0 Å². The molecule has 0 bridgehead atoms. The fourth-order valence-electron chi connectivity index (χ4n) is 4.07. The van der Waals surface area contributed by atoms with E-state index in [1.807, 2.05) is 42.9 Å². The van der Waals surface area contributed by atoms with Crippen LogP contribution in [0.4, 0.5) is 11.8 Å². The van der Waals surface area contributed by atoms with Gasteiger partial charge in [-0.3, -0.25) is 4.40 Å². The Bertz CT molecular complexity index is 1180. The molecule has 1 N–H and O–H groups in total. The molecule has 1 atom stereocenters. The van der Waals surface area contributed by atoms with Crippen molar-refractivity contribution in [2.45, 2.75) is 12.5 Å². The Morgan fingerprint density at radius 1 is 1.00 bits per heavy atom. The topological polar surface area (TPSA) is 74.5 Å². The number of nitrogens with zero attached hydrogens (tertiary/aromatic N) is 7. The summed E-state index contributed by atoms with van der Waals surface area (Å²) in [5.74, 6) is 1.49. The molecular weight excluding hydrogens is 400 g/mol. The first-order valence-electron chi connectivity index (χ1n) is 10.9. The fraction of sp³-hybridized carbons (Fsp3) is 0.292. The van der Waals surface area contributed by atoms with Gasteiger partial charge < -0.3 is 15.1 Å². The normalized spacial score (nSPS) is 15.8. The Morgan fingerprint density at radius 3 is 2.59 bits per heavy atom. The van der Waals surface area contributed by atoms with Crippen molar-refractivity contribution in [3.8, 4) is 11.4 Å². The number of likely N-dealkylation sites (N-methyl/N-ethyl adjacent to an activating group) is 1. The lowest BCUT2D eigenvalue weighted by atomic mass is 10.1. The van der Waals surface area contributed by atoms with Crippen LogP contribution in [0.2, 0.25) is 0 Å². The average molecular weight is 428 g/mol. The van der Waals surface area contributed by atoms with Crippen LogP contribution in [0.3, 0.4) is 0 Å². The van der Waals surface area contributed by atoms with Gasteiger partial charge in [0.1, 0.15) is 0 Å². The summed E-state index contributed by atoms with van der Waals surface area (Å²) in [4.78, 5) is 23.2. The molecule has 1 radical (unpaired) electrons. The Labute approximate surface area is 188 Å². The van der Waals surface area contributed by atoms with E-state index in [4.69, 9.17) is 9.97 Å². The molecule has 1 aliphatic rings. The van der Waals surface area contributed by atoms with Gasteiger partial charge in [-0.05, 0) is 25.1 Å². The highest BCUT2D eigenvalue weighted by Crippen LogP contribution is 2.26. The monoisotopic (exact) mass is 427 g/mol. The highest BCUT2D eigenvalue weighted by Gasteiger charge is 2.20. The van der Waals surface area contributed by atoms with Gasteiger partial charge in [0.15, 0.2) is 11.5 Å². The number of rotatable bonds is 6. The quantitative estimate of drug-likeness (QED) is 0.506. The van der Waals surface area contributed by atoms with Gasteiger partial charge in [-0.25, -0.2) is 19.9 Å². The maximum Gasteiger partial charge on any atom is 0.223 e. The standard InChI is InChI=1S/C24H27N8/c1-3-19(18-7-5-4-6-8-18)28-24-26-10-9-20(29-24)21-17-27-23-22(25-11-12-32(21)23)31-15-13-30(2)14-16-31/h4-12,17,19H,1,3,13-16H2,2H3,(H,26,28,29). The van der Waals surface area contributed by atoms with Crippen LogP contribution in [0.1, 0.15) is 18.0 Å². The molecule has 3 aromatic heterocycles. The average Bonchev–Trinajstić information content (AvgIpc) is 3.28. The van der Waals surface area contributed by atoms with Crippen molar-refractivity contribution in [2.24, 2.45) is 0 Å². The zero-order chi connectivity index (χ0) is 21.9. The molecule has 32 heavy (non-hydrogen) atoms. The molecule has 163 valence electrons. The van der Waals surface area contributed by atoms with Crippen molar-refractivity contribution in [3.05, 3.63) is 73.7 Å². The van der Waals surface area contributed by atoms with Crippen molar-refractivity contribution >= 4 is 17.4 Å². The molecule has 0 aliphatic carbocycles. The number of nitrogens with one attached hydrogen (secondary N) is 1. The number of imidazole rings is 1. The van der Waals surface area contributed by atoms with Gasteiger partial charge in [0.25, 0.3) is 0 Å². The molecule has 8 heteroatoms. The minimum Gasteiger partial charge on any atom is -0.351 e. The summed E-state index contributed by atoms with van der Waals surface area (Å²) in [6, 6.07) is 12.2. The molecule has 1 unspecified atom stereocenters. The van der Waals surface area contributed by atoms with E-state index in [0.29, 0.717) is 12.4 Å². The highest BCUT2D eigenvalue weighted by molar-refractivity contribution is 5.70. The summed E-state index contributed by atoms with van der Waals surface area (Å²) in [5.41, 5.74) is 3.73. The second-order valence-corrected chi connectivity index (χ2v) is 8.04. The summed E-state index contributed by atoms with van der Waals surface area (Å²) in [5, 5.41) is 3.42. The SMILES string of the molecule is [CH2]CC(Nc1nccc(-c2cnc3c(N4CCN(C)CC4)nccn23)n1)c1ccccc1. The van der Waals surface area contributed by atoms with Crippen molar-refractivity contribution in [3.63, 3.8) is 0 Å². The first kappa shape index (κ1) is 20.4. The van der Waals surface area contributed by atoms with E-state index in [-0.39, 0.29) is 6.04 Å². The van der Waals surface area contributed by atoms with Crippen molar-refractivity contribution in [2.75, 3.05) is 43.4 Å². The Hall–Kier alpha value is -3.52. The van der Waals surface area contributed by atoms with Gasteiger partial charge >= 0.3 is 0 Å². The van der Waals surface area contributed by atoms with E-state index in [1.54, 1.807) is 6.20 Å². The third-order valence-electron chi connectivity index (χ3n) is 5.92. The number of hydrogen-bond acceptors (Lipinski definition) is 7. The number of piperazine rings is 1. The molecule has 5 rings (SSSR count). The Balaban J connectivity index is 1.44. The first-order chi connectivity index (χ1) is 15.7. The molecule has 0 amide bonds. The molecule has 1 aromatic carbocycles. The maximum atomic E-state index is 4.78. The molecule has 4 aromatic rings. The van der Waals surface area contributed by atoms with E-state index in [1.165, 1.54) is 0 Å². The lowest BCUT2D eigenvalue weighted by Crippen LogP contribution is -2.45. The zero-order valence-electron chi connectivity index (χ0n) is 18.2. The van der Waals surface area contributed by atoms with Crippen LogP contribution in [0, 0.1) is 6.92 Å². The molecule has 4 heterocycles. The van der Waals surface area contributed by atoms with Crippen LogP contribution in [-0.2, 0) is 0 Å². The fourth-order valence-corrected chi connectivity index (χ4v) is 4.07. The van der Waals surface area contributed by atoms with Crippen LogP contribution < -0.4 is 10.2 Å². The zero-order valence-corrected chi connectivity index (χ0v) is 18.2. The van der Waals surface area contributed by atoms with Crippen LogP contribution in [-0.4, -0.2) is 62.5 Å². The van der Waals surface area contributed by atoms with Gasteiger partial charge in [-0.15, -0.1) is 0 Å². The van der Waals surface area contributed by atoms with E-state index < -0.39 is 0 Å². The number of fused-ring (bicyclic) bond motifs is 1. The van der Waals surface area contributed by atoms with E-state index in [0.717, 1.165) is 54.6 Å². The largest absolute Gasteiger partial charge is 0.351 e. The number of anilines is 2. The third kappa shape index (κ3) is 4.01. The maximum absolute atomic E-state index is 4.78. The number of aromatic nitrogens is 5. The van der Waals surface area contributed by atoms with Crippen LogP contribution in [0.15, 0.2) is 61.2 Å². The lowest BCUT2D eigenvalue weighted by molar-refractivity contribution is 0.312. The Morgan fingerprint density at radius 2 is 1.81 bits per heavy atom. The van der Waals surface area contributed by atoms with Gasteiger partial charge in [0.05, 0.1) is 23.6 Å². The van der Waals surface area contributed by atoms with E-state index in [9.17, 15) is 0 Å². The van der Waals surface area contributed by atoms with Gasteiger partial charge in [0.2, 0.25) is 5.95 Å². The summed E-state index contributed by atoms with van der Waals surface area (Å²) >= 11 is 0. The number of hydrogen-bond donors (Lipinski definition) is 1. The van der Waals surface area contributed by atoms with E-state index >= 15 is 0 Å². The van der Waals surface area contributed by atoms with Gasteiger partial charge in [0, 0.05) is 44.8 Å². The third-order valence-corrected chi connectivity index (χ3v) is 5.92. The van der Waals surface area contributed by atoms with Crippen molar-refractivity contribution in [1.29, 1.82) is 0 Å². The van der Waals surface area contributed by atoms with Crippen molar-refractivity contribution < 1.29 is 0 Å². The molecule has 0 saturated carbocycles. The smallest absolute Gasteiger partial charge is 0.223 e. The second-order valence-electron chi connectivity index (χ2n) is 8.04. The molecule has 1 saturated heterocycles. The molecule has 1 fully saturated rings. The lowest BCUT2D eigenvalue weighted by Gasteiger charge is -2.33. The summed E-state index contributed by atoms with van der Waals surface area (Å²) in [6.45, 7) is 8.01. The highest BCUT2D eigenvalue weighted by atomic mass is 15.3. The summed E-state index contributed by atoms with van der Waals surface area (Å²) < 4.78 is 2.06. The van der Waals surface area contributed by atoms with Crippen molar-refractivity contribution in [1.82, 2.24) is 29.2 Å². The van der Waals surface area contributed by atoms with Crippen LogP contribution in [0.5, 0.6) is 0 Å². The number of benzene rings is 1. The van der Waals surface area contributed by atoms with Gasteiger partial charge in [-0.2, -0.15) is 0 Å². The predicted molar refractivity (Wildman–Crippen MR) is 127 cm³/mol. The van der Waals surface area contributed by atoms with E-state index in [2.05, 4.69) is 55.6 Å². The minimum atomic E-state index is 0.0432. The summed E-state index contributed by atoms with van der Waals surface area (Å²) in [6.07, 6.45) is 8.10. The Kier molecular flexibility index (Phi) is 5.68. The minimum absolute atomic E-state index is 0.0432.